The minimum atomic E-state index is -0.226. The van der Waals surface area contributed by atoms with Crippen LogP contribution in [0.2, 0.25) is 0 Å². The van der Waals surface area contributed by atoms with Gasteiger partial charge in [-0.1, -0.05) is 19.8 Å². The highest BCUT2D eigenvalue weighted by Crippen LogP contribution is 2.40. The van der Waals surface area contributed by atoms with Crippen molar-refractivity contribution in [3.63, 3.8) is 0 Å². The Labute approximate surface area is 236 Å². The zero-order chi connectivity index (χ0) is 27.8. The summed E-state index contributed by atoms with van der Waals surface area (Å²) < 4.78 is 5.67. The van der Waals surface area contributed by atoms with Gasteiger partial charge in [0.1, 0.15) is 17.5 Å². The topological polar surface area (TPSA) is 112 Å². The van der Waals surface area contributed by atoms with E-state index in [2.05, 4.69) is 32.8 Å². The summed E-state index contributed by atoms with van der Waals surface area (Å²) >= 11 is 0. The number of amides is 2. The molecular weight excluding hydrogens is 506 g/mol. The molecule has 2 aliphatic carbocycles. The molecule has 6 rings (SSSR count). The molecule has 1 aromatic carbocycles. The van der Waals surface area contributed by atoms with Crippen molar-refractivity contribution in [2.75, 3.05) is 42.4 Å². The normalized spacial score (nSPS) is 26.4. The number of ether oxygens (including phenoxy) is 1. The Bertz CT molecular complexity index is 1250. The van der Waals surface area contributed by atoms with Crippen molar-refractivity contribution in [3.8, 4) is 5.75 Å². The van der Waals surface area contributed by atoms with E-state index in [-0.39, 0.29) is 23.9 Å². The summed E-state index contributed by atoms with van der Waals surface area (Å²) in [5, 5.41) is 10.0. The maximum atomic E-state index is 13.2. The van der Waals surface area contributed by atoms with E-state index < -0.39 is 0 Å². The number of hydrogen-bond acceptors (Lipinski definition) is 8. The summed E-state index contributed by atoms with van der Waals surface area (Å²) in [5.74, 6) is 3.15. The predicted octanol–water partition coefficient (Wildman–Crippen LogP) is 3.85. The summed E-state index contributed by atoms with van der Waals surface area (Å²) in [4.78, 5) is 39.7. The zero-order valence-corrected chi connectivity index (χ0v) is 23.8. The molecule has 10 heteroatoms. The smallest absolute Gasteiger partial charge is 0.251 e. The number of methoxy groups -OCH3 is 1. The van der Waals surface area contributed by atoms with Crippen LogP contribution in [0.5, 0.6) is 5.75 Å². The molecule has 0 radical (unpaired) electrons. The van der Waals surface area contributed by atoms with Crippen molar-refractivity contribution in [2.24, 2.45) is 11.8 Å². The molecule has 2 saturated carbocycles. The average Bonchev–Trinajstić information content (AvgIpc) is 3.65. The van der Waals surface area contributed by atoms with Gasteiger partial charge in [-0.2, -0.15) is 4.98 Å². The number of anilines is 4. The second-order valence-corrected chi connectivity index (χ2v) is 11.8. The molecule has 214 valence electrons. The van der Waals surface area contributed by atoms with E-state index in [0.29, 0.717) is 40.8 Å². The number of carbonyl (C=O) groups is 2. The van der Waals surface area contributed by atoms with Gasteiger partial charge in [0, 0.05) is 24.7 Å². The molecule has 10 nitrogen and oxygen atoms in total. The Kier molecular flexibility index (Phi) is 7.53. The molecule has 0 unspecified atom stereocenters. The minimum absolute atomic E-state index is 0.0722. The standard InChI is InChI=1S/C30H41N7O3/c1-4-24-29(39)36(2)25-17-32-30(35-27(25)37(24)22-7-5-6-8-22)34-23-10-9-19(15-26(23)40-3)28(38)33-21-13-18-11-12-31-16-20(18)14-21/h9-10,15,17-18,20-22,24,31H,4-8,11-14,16H2,1-3H3,(H,33,38)(H,32,34,35)/t18-,20-,21-,24+/m0/s1. The summed E-state index contributed by atoms with van der Waals surface area (Å²) in [6.07, 6.45) is 10.2. The first-order valence-electron chi connectivity index (χ1n) is 14.9. The molecule has 2 aliphatic heterocycles. The molecule has 3 N–H and O–H groups in total. The van der Waals surface area contributed by atoms with Crippen LogP contribution in [-0.2, 0) is 4.79 Å². The lowest BCUT2D eigenvalue weighted by atomic mass is 9.90. The van der Waals surface area contributed by atoms with Crippen LogP contribution in [0.3, 0.4) is 0 Å². The molecule has 3 fully saturated rings. The van der Waals surface area contributed by atoms with Gasteiger partial charge in [0.2, 0.25) is 11.9 Å². The predicted molar refractivity (Wildman–Crippen MR) is 155 cm³/mol. The third-order valence-corrected chi connectivity index (χ3v) is 9.40. The van der Waals surface area contributed by atoms with Crippen molar-refractivity contribution in [1.29, 1.82) is 0 Å². The van der Waals surface area contributed by atoms with Crippen LogP contribution < -0.4 is 30.5 Å². The summed E-state index contributed by atoms with van der Waals surface area (Å²) in [6, 6.07) is 5.71. The zero-order valence-electron chi connectivity index (χ0n) is 23.8. The molecule has 1 saturated heterocycles. The van der Waals surface area contributed by atoms with Gasteiger partial charge >= 0.3 is 0 Å². The van der Waals surface area contributed by atoms with Crippen LogP contribution in [0.4, 0.5) is 23.1 Å². The Morgan fingerprint density at radius 1 is 1.18 bits per heavy atom. The van der Waals surface area contributed by atoms with Crippen molar-refractivity contribution < 1.29 is 14.3 Å². The van der Waals surface area contributed by atoms with Gasteiger partial charge in [-0.05, 0) is 81.6 Å². The van der Waals surface area contributed by atoms with Crippen molar-refractivity contribution in [1.82, 2.24) is 20.6 Å². The Morgan fingerprint density at radius 3 is 2.73 bits per heavy atom. The first kappa shape index (κ1) is 26.8. The lowest BCUT2D eigenvalue weighted by molar-refractivity contribution is -0.120. The fourth-order valence-electron chi connectivity index (χ4n) is 7.28. The number of nitrogens with zero attached hydrogens (tertiary/aromatic N) is 4. The van der Waals surface area contributed by atoms with E-state index in [1.54, 1.807) is 31.3 Å². The SMILES string of the molecule is CC[C@@H]1C(=O)N(C)c2cnc(Nc3ccc(C(=O)N[C@@H]4C[C@H]5CNCC[C@H]5C4)cc3OC)nc2N1C1CCCC1. The minimum Gasteiger partial charge on any atom is -0.495 e. The van der Waals surface area contributed by atoms with E-state index in [0.717, 1.165) is 56.7 Å². The number of likely N-dealkylation sites (N-methyl/N-ethyl adjacent to an activating group) is 1. The van der Waals surface area contributed by atoms with Crippen molar-refractivity contribution >= 4 is 35.0 Å². The number of fused-ring (bicyclic) bond motifs is 2. The number of piperidine rings is 1. The average molecular weight is 548 g/mol. The van der Waals surface area contributed by atoms with Gasteiger partial charge < -0.3 is 30.5 Å². The number of aromatic nitrogens is 2. The van der Waals surface area contributed by atoms with Crippen molar-refractivity contribution in [3.05, 3.63) is 30.0 Å². The fraction of sp³-hybridized carbons (Fsp3) is 0.600. The lowest BCUT2D eigenvalue weighted by Gasteiger charge is -2.43. The molecule has 3 heterocycles. The van der Waals surface area contributed by atoms with E-state index in [1.807, 2.05) is 12.1 Å². The number of rotatable bonds is 7. The highest BCUT2D eigenvalue weighted by atomic mass is 16.5. The molecule has 4 atom stereocenters. The number of carbonyl (C=O) groups excluding carboxylic acids is 2. The molecule has 0 spiro atoms. The first-order valence-corrected chi connectivity index (χ1v) is 14.9. The van der Waals surface area contributed by atoms with Gasteiger partial charge in [-0.25, -0.2) is 4.98 Å². The Hall–Kier alpha value is -3.40. The van der Waals surface area contributed by atoms with Crippen LogP contribution in [-0.4, -0.2) is 67.2 Å². The maximum absolute atomic E-state index is 13.2. The third-order valence-electron chi connectivity index (χ3n) is 9.40. The lowest BCUT2D eigenvalue weighted by Crippen LogP contribution is -2.55. The van der Waals surface area contributed by atoms with Crippen LogP contribution in [0.25, 0.3) is 0 Å². The maximum Gasteiger partial charge on any atom is 0.251 e. The van der Waals surface area contributed by atoms with Crippen LogP contribution >= 0.6 is 0 Å². The third kappa shape index (κ3) is 4.98. The second-order valence-electron chi connectivity index (χ2n) is 11.8. The molecule has 2 aromatic rings. The van der Waals surface area contributed by atoms with Gasteiger partial charge in [-0.3, -0.25) is 9.59 Å². The van der Waals surface area contributed by atoms with Crippen LogP contribution in [0.15, 0.2) is 24.4 Å². The number of nitrogens with one attached hydrogen (secondary N) is 3. The number of benzene rings is 1. The molecule has 40 heavy (non-hydrogen) atoms. The van der Waals surface area contributed by atoms with E-state index in [4.69, 9.17) is 9.72 Å². The van der Waals surface area contributed by atoms with Crippen LogP contribution in [0.1, 0.15) is 68.6 Å². The summed E-state index contributed by atoms with van der Waals surface area (Å²) in [6.45, 7) is 4.19. The highest BCUT2D eigenvalue weighted by molar-refractivity contribution is 6.04. The van der Waals surface area contributed by atoms with Crippen LogP contribution in [0, 0.1) is 11.8 Å². The summed E-state index contributed by atoms with van der Waals surface area (Å²) in [5.41, 5.74) is 1.98. The molecule has 2 amide bonds. The van der Waals surface area contributed by atoms with Gasteiger partial charge in [0.05, 0.1) is 19.0 Å². The van der Waals surface area contributed by atoms with Crippen molar-refractivity contribution in [2.45, 2.75) is 76.4 Å². The second kappa shape index (κ2) is 11.2. The Balaban J connectivity index is 1.21. The monoisotopic (exact) mass is 547 g/mol. The van der Waals surface area contributed by atoms with Gasteiger partial charge in [0.15, 0.2) is 5.82 Å². The molecule has 4 aliphatic rings. The molecule has 1 aromatic heterocycles. The van der Waals surface area contributed by atoms with Gasteiger partial charge in [0.25, 0.3) is 5.91 Å². The fourth-order valence-corrected chi connectivity index (χ4v) is 7.28. The largest absolute Gasteiger partial charge is 0.495 e. The Morgan fingerprint density at radius 2 is 1.98 bits per heavy atom. The quantitative estimate of drug-likeness (QED) is 0.479. The van der Waals surface area contributed by atoms with Gasteiger partial charge in [-0.15, -0.1) is 0 Å². The van der Waals surface area contributed by atoms with E-state index in [9.17, 15) is 9.59 Å². The number of hydrogen-bond donors (Lipinski definition) is 3. The summed E-state index contributed by atoms with van der Waals surface area (Å²) in [7, 11) is 3.40. The van der Waals surface area contributed by atoms with E-state index in [1.165, 1.54) is 19.3 Å². The highest BCUT2D eigenvalue weighted by Gasteiger charge is 2.41. The molecule has 0 bridgehead atoms. The molecular formula is C30H41N7O3. The first-order chi connectivity index (χ1) is 19.5. The van der Waals surface area contributed by atoms with E-state index >= 15 is 0 Å².